The van der Waals surface area contributed by atoms with Gasteiger partial charge in [-0.3, -0.25) is 4.98 Å². The predicted molar refractivity (Wildman–Crippen MR) is 80.8 cm³/mol. The van der Waals surface area contributed by atoms with Gasteiger partial charge in [0.15, 0.2) is 0 Å². The first-order valence-corrected chi connectivity index (χ1v) is 6.85. The van der Waals surface area contributed by atoms with Gasteiger partial charge in [-0.25, -0.2) is 4.68 Å². The van der Waals surface area contributed by atoms with Gasteiger partial charge in [0.1, 0.15) is 0 Å². The Morgan fingerprint density at radius 3 is 2.95 bits per heavy atom. The Hall–Kier alpha value is -2.20. The Bertz CT molecular complexity index is 715. The number of nitrogens with one attached hydrogen (secondary N) is 1. The fourth-order valence-electron chi connectivity index (χ4n) is 2.11. The maximum Gasteiger partial charge on any atom is 0.0766 e. The zero-order valence-corrected chi connectivity index (χ0v) is 11.7. The van der Waals surface area contributed by atoms with Gasteiger partial charge in [0.2, 0.25) is 0 Å². The SMILES string of the molecule is CC(C)NCc1ccn(-c2ccc3ncccc3c2)n1. The second kappa shape index (κ2) is 5.43. The summed E-state index contributed by atoms with van der Waals surface area (Å²) >= 11 is 0. The van der Waals surface area contributed by atoms with Crippen molar-refractivity contribution in [1.29, 1.82) is 0 Å². The molecule has 2 heterocycles. The van der Waals surface area contributed by atoms with E-state index < -0.39 is 0 Å². The maximum atomic E-state index is 4.59. The second-order valence-corrected chi connectivity index (χ2v) is 5.17. The van der Waals surface area contributed by atoms with Crippen LogP contribution in [0.25, 0.3) is 16.6 Å². The average molecular weight is 266 g/mol. The summed E-state index contributed by atoms with van der Waals surface area (Å²) < 4.78 is 1.91. The van der Waals surface area contributed by atoms with Gasteiger partial charge < -0.3 is 5.32 Å². The molecule has 0 unspecified atom stereocenters. The molecule has 0 saturated heterocycles. The van der Waals surface area contributed by atoms with Crippen molar-refractivity contribution in [2.24, 2.45) is 0 Å². The van der Waals surface area contributed by atoms with E-state index in [1.165, 1.54) is 0 Å². The fourth-order valence-corrected chi connectivity index (χ4v) is 2.11. The van der Waals surface area contributed by atoms with E-state index in [1.54, 1.807) is 0 Å². The number of benzene rings is 1. The molecule has 2 aromatic heterocycles. The van der Waals surface area contributed by atoms with Crippen molar-refractivity contribution >= 4 is 10.9 Å². The summed E-state index contributed by atoms with van der Waals surface area (Å²) in [5.41, 5.74) is 3.11. The normalized spacial score (nSPS) is 11.3. The van der Waals surface area contributed by atoms with Crippen LogP contribution in [0.5, 0.6) is 0 Å². The highest BCUT2D eigenvalue weighted by molar-refractivity contribution is 5.80. The van der Waals surface area contributed by atoms with E-state index in [4.69, 9.17) is 0 Å². The molecule has 20 heavy (non-hydrogen) atoms. The highest BCUT2D eigenvalue weighted by atomic mass is 15.3. The van der Waals surface area contributed by atoms with Gasteiger partial charge >= 0.3 is 0 Å². The lowest BCUT2D eigenvalue weighted by Gasteiger charge is -2.06. The zero-order valence-electron chi connectivity index (χ0n) is 11.7. The van der Waals surface area contributed by atoms with Gasteiger partial charge in [-0.15, -0.1) is 0 Å². The maximum absolute atomic E-state index is 4.59. The summed E-state index contributed by atoms with van der Waals surface area (Å²) in [6.07, 6.45) is 3.81. The molecule has 4 heteroatoms. The third-order valence-corrected chi connectivity index (χ3v) is 3.19. The molecule has 3 rings (SSSR count). The molecule has 0 fully saturated rings. The Morgan fingerprint density at radius 1 is 1.20 bits per heavy atom. The highest BCUT2D eigenvalue weighted by Gasteiger charge is 2.03. The van der Waals surface area contributed by atoms with Gasteiger partial charge in [0.25, 0.3) is 0 Å². The van der Waals surface area contributed by atoms with Gasteiger partial charge in [0, 0.05) is 30.4 Å². The Morgan fingerprint density at radius 2 is 2.10 bits per heavy atom. The molecule has 102 valence electrons. The van der Waals surface area contributed by atoms with Crippen molar-refractivity contribution in [2.75, 3.05) is 0 Å². The molecule has 0 saturated carbocycles. The minimum Gasteiger partial charge on any atom is -0.309 e. The Kier molecular flexibility index (Phi) is 3.48. The first-order valence-electron chi connectivity index (χ1n) is 6.85. The molecule has 0 atom stereocenters. The van der Waals surface area contributed by atoms with Crippen LogP contribution in [-0.4, -0.2) is 20.8 Å². The van der Waals surface area contributed by atoms with Crippen molar-refractivity contribution in [3.8, 4) is 5.69 Å². The quantitative estimate of drug-likeness (QED) is 0.789. The van der Waals surface area contributed by atoms with E-state index in [0.29, 0.717) is 6.04 Å². The largest absolute Gasteiger partial charge is 0.309 e. The van der Waals surface area contributed by atoms with Gasteiger partial charge in [-0.1, -0.05) is 19.9 Å². The predicted octanol–water partition coefficient (Wildman–Crippen LogP) is 2.92. The average Bonchev–Trinajstić information content (AvgIpc) is 2.93. The molecule has 1 aromatic carbocycles. The van der Waals surface area contributed by atoms with Crippen LogP contribution in [0.15, 0.2) is 48.8 Å². The van der Waals surface area contributed by atoms with Crippen LogP contribution in [0.4, 0.5) is 0 Å². The van der Waals surface area contributed by atoms with Crippen LogP contribution in [0.1, 0.15) is 19.5 Å². The van der Waals surface area contributed by atoms with Crippen molar-refractivity contribution < 1.29 is 0 Å². The molecule has 3 aromatic rings. The lowest BCUT2D eigenvalue weighted by atomic mass is 10.2. The minimum atomic E-state index is 0.465. The van der Waals surface area contributed by atoms with Crippen LogP contribution >= 0.6 is 0 Å². The topological polar surface area (TPSA) is 42.7 Å². The summed E-state index contributed by atoms with van der Waals surface area (Å²) in [6, 6.07) is 12.7. The van der Waals surface area contributed by atoms with Crippen LogP contribution < -0.4 is 5.32 Å². The molecule has 0 radical (unpaired) electrons. The standard InChI is InChI=1S/C16H18N4/c1-12(2)18-11-14-7-9-20(19-14)15-5-6-16-13(10-15)4-3-8-17-16/h3-10,12,18H,11H2,1-2H3. The molecular weight excluding hydrogens is 248 g/mol. The van der Waals surface area contributed by atoms with Crippen molar-refractivity contribution in [2.45, 2.75) is 26.4 Å². The van der Waals surface area contributed by atoms with Crippen molar-refractivity contribution in [3.63, 3.8) is 0 Å². The van der Waals surface area contributed by atoms with E-state index >= 15 is 0 Å². The van der Waals surface area contributed by atoms with Gasteiger partial charge in [0.05, 0.1) is 16.9 Å². The first-order chi connectivity index (χ1) is 9.72. The number of fused-ring (bicyclic) bond motifs is 1. The van der Waals surface area contributed by atoms with E-state index in [1.807, 2.05) is 41.3 Å². The second-order valence-electron chi connectivity index (χ2n) is 5.17. The number of rotatable bonds is 4. The van der Waals surface area contributed by atoms with Crippen LogP contribution in [0.3, 0.4) is 0 Å². The fraction of sp³-hybridized carbons (Fsp3) is 0.250. The molecule has 0 aliphatic rings. The third kappa shape index (κ3) is 2.70. The third-order valence-electron chi connectivity index (χ3n) is 3.19. The molecule has 0 spiro atoms. The number of hydrogen-bond donors (Lipinski definition) is 1. The summed E-state index contributed by atoms with van der Waals surface area (Å²) in [5, 5.41) is 9.09. The molecular formula is C16H18N4. The molecule has 0 aliphatic carbocycles. The lowest BCUT2D eigenvalue weighted by molar-refractivity contribution is 0.578. The van der Waals surface area contributed by atoms with E-state index in [-0.39, 0.29) is 0 Å². The molecule has 4 nitrogen and oxygen atoms in total. The lowest BCUT2D eigenvalue weighted by Crippen LogP contribution is -2.22. The van der Waals surface area contributed by atoms with Gasteiger partial charge in [-0.05, 0) is 30.3 Å². The molecule has 0 amide bonds. The van der Waals surface area contributed by atoms with Crippen LogP contribution in [0.2, 0.25) is 0 Å². The Balaban J connectivity index is 1.87. The number of pyridine rings is 1. The molecule has 0 aliphatic heterocycles. The summed E-state index contributed by atoms with van der Waals surface area (Å²) in [5.74, 6) is 0. The first kappa shape index (κ1) is 12.8. The highest BCUT2D eigenvalue weighted by Crippen LogP contribution is 2.16. The van der Waals surface area contributed by atoms with Crippen molar-refractivity contribution in [1.82, 2.24) is 20.1 Å². The summed E-state index contributed by atoms with van der Waals surface area (Å²) in [6.45, 7) is 5.06. The van der Waals surface area contributed by atoms with Gasteiger partial charge in [-0.2, -0.15) is 5.10 Å². The van der Waals surface area contributed by atoms with Crippen LogP contribution in [0, 0.1) is 0 Å². The minimum absolute atomic E-state index is 0.465. The number of hydrogen-bond acceptors (Lipinski definition) is 3. The number of aromatic nitrogens is 3. The smallest absolute Gasteiger partial charge is 0.0766 e. The van der Waals surface area contributed by atoms with Crippen molar-refractivity contribution in [3.05, 3.63) is 54.5 Å². The van der Waals surface area contributed by atoms with Crippen LogP contribution in [-0.2, 0) is 6.54 Å². The molecule has 1 N–H and O–H groups in total. The summed E-state index contributed by atoms with van der Waals surface area (Å²) in [4.78, 5) is 4.33. The van der Waals surface area contributed by atoms with E-state index in [9.17, 15) is 0 Å². The summed E-state index contributed by atoms with van der Waals surface area (Å²) in [7, 11) is 0. The van der Waals surface area contributed by atoms with E-state index in [0.717, 1.165) is 28.8 Å². The molecule has 0 bridgehead atoms. The van der Waals surface area contributed by atoms with E-state index in [2.05, 4.69) is 41.4 Å². The monoisotopic (exact) mass is 266 g/mol. The Labute approximate surface area is 118 Å². The number of nitrogens with zero attached hydrogens (tertiary/aromatic N) is 3. The zero-order chi connectivity index (χ0) is 13.9.